The minimum Gasteiger partial charge on any atom is -0.507 e. The Morgan fingerprint density at radius 2 is 1.71 bits per heavy atom. The molecule has 0 aromatic heterocycles. The lowest BCUT2D eigenvalue weighted by molar-refractivity contribution is -0.256. The van der Waals surface area contributed by atoms with E-state index in [0.717, 1.165) is 17.1 Å². The highest BCUT2D eigenvalue weighted by atomic mass is 16.7. The summed E-state index contributed by atoms with van der Waals surface area (Å²) in [5, 5.41) is 54.9. The van der Waals surface area contributed by atoms with Gasteiger partial charge in [-0.25, -0.2) is 0 Å². The van der Waals surface area contributed by atoms with Crippen molar-refractivity contribution < 1.29 is 63.7 Å². The fraction of sp³-hybridized carbons (Fsp3) is 0.387. The van der Waals surface area contributed by atoms with Crippen LogP contribution in [0.3, 0.4) is 0 Å². The highest BCUT2D eigenvalue weighted by molar-refractivity contribution is 6.31. The number of carbonyl (C=O) groups excluding carboxylic acids is 5. The first kappa shape index (κ1) is 30.6. The maximum Gasteiger partial charge on any atom is 0.253 e. The maximum absolute atomic E-state index is 13.8. The number of aliphatic hydroxyl groups excluding tert-OH is 2. The zero-order valence-electron chi connectivity index (χ0n) is 24.1. The predicted molar refractivity (Wildman–Crippen MR) is 149 cm³/mol. The predicted octanol–water partition coefficient (Wildman–Crippen LogP) is -0.0324. The molecule has 2 aliphatic heterocycles. The number of methoxy groups -OCH3 is 1. The third-order valence-corrected chi connectivity index (χ3v) is 8.91. The number of hydrogen-bond acceptors (Lipinski definition) is 13. The first-order chi connectivity index (χ1) is 21.3. The third-order valence-electron chi connectivity index (χ3n) is 8.91. The molecule has 45 heavy (non-hydrogen) atoms. The first-order valence-corrected chi connectivity index (χ1v) is 14.1. The van der Waals surface area contributed by atoms with Crippen LogP contribution in [-0.2, 0) is 30.3 Å². The van der Waals surface area contributed by atoms with Crippen molar-refractivity contribution in [3.05, 3.63) is 63.7 Å². The number of fused-ring (bicyclic) bond motifs is 3. The molecule has 2 aromatic carbocycles. The van der Waals surface area contributed by atoms with Gasteiger partial charge < -0.3 is 39.7 Å². The number of aromatic hydroxyl groups is 2. The van der Waals surface area contributed by atoms with Gasteiger partial charge in [-0.05, 0) is 13.0 Å². The van der Waals surface area contributed by atoms with E-state index in [9.17, 15) is 49.5 Å². The summed E-state index contributed by atoms with van der Waals surface area (Å²) in [6.45, 7) is 0.388. The number of nitrogens with zero attached hydrogens (tertiary/aromatic N) is 1. The molecule has 2 aliphatic carbocycles. The Labute approximate surface area is 255 Å². The van der Waals surface area contributed by atoms with E-state index in [-0.39, 0.29) is 34.4 Å². The number of rotatable bonds is 6. The molecule has 1 fully saturated rings. The molecule has 0 bridgehead atoms. The van der Waals surface area contributed by atoms with Crippen molar-refractivity contribution in [1.82, 2.24) is 4.90 Å². The molecular weight excluding hydrogens is 594 g/mol. The van der Waals surface area contributed by atoms with Gasteiger partial charge in [0.05, 0.1) is 42.0 Å². The second-order valence-corrected chi connectivity index (χ2v) is 11.4. The fourth-order valence-corrected chi connectivity index (χ4v) is 6.69. The molecule has 14 heteroatoms. The van der Waals surface area contributed by atoms with Crippen molar-refractivity contribution in [2.24, 2.45) is 0 Å². The van der Waals surface area contributed by atoms with Crippen LogP contribution in [0.2, 0.25) is 0 Å². The number of benzene rings is 2. The van der Waals surface area contributed by atoms with Crippen LogP contribution in [0.4, 0.5) is 0 Å². The maximum atomic E-state index is 13.8. The molecule has 2 amide bonds. The zero-order chi connectivity index (χ0) is 32.5. The van der Waals surface area contributed by atoms with E-state index in [2.05, 4.69) is 0 Å². The molecule has 1 saturated heterocycles. The van der Waals surface area contributed by atoms with Crippen molar-refractivity contribution >= 4 is 29.2 Å². The molecule has 0 spiro atoms. The van der Waals surface area contributed by atoms with Crippen molar-refractivity contribution in [3.63, 3.8) is 0 Å². The summed E-state index contributed by atoms with van der Waals surface area (Å²) in [7, 11) is 1.30. The first-order valence-electron chi connectivity index (χ1n) is 14.1. The van der Waals surface area contributed by atoms with Gasteiger partial charge in [0, 0.05) is 48.1 Å². The molecule has 2 aromatic rings. The van der Waals surface area contributed by atoms with E-state index in [1.807, 2.05) is 0 Å². The average Bonchev–Trinajstić information content (AvgIpc) is 3.35. The zero-order valence-corrected chi connectivity index (χ0v) is 24.1. The van der Waals surface area contributed by atoms with Crippen LogP contribution >= 0.6 is 0 Å². The van der Waals surface area contributed by atoms with E-state index >= 15 is 0 Å². The normalized spacial score (nSPS) is 29.0. The Balaban J connectivity index is 1.46. The third kappa shape index (κ3) is 4.56. The second-order valence-electron chi connectivity index (χ2n) is 11.4. The molecule has 5 N–H and O–H groups in total. The van der Waals surface area contributed by atoms with Gasteiger partial charge in [-0.3, -0.25) is 28.9 Å². The Morgan fingerprint density at radius 1 is 1.04 bits per heavy atom. The van der Waals surface area contributed by atoms with Gasteiger partial charge >= 0.3 is 0 Å². The highest BCUT2D eigenvalue weighted by Crippen LogP contribution is 2.52. The van der Waals surface area contributed by atoms with Crippen LogP contribution in [0.25, 0.3) is 0 Å². The molecule has 6 rings (SSSR count). The Hall–Kier alpha value is -4.47. The lowest BCUT2D eigenvalue weighted by atomic mass is 9.72. The van der Waals surface area contributed by atoms with E-state index in [1.54, 1.807) is 0 Å². The lowest BCUT2D eigenvalue weighted by Crippen LogP contribution is -2.57. The Bertz CT molecular complexity index is 1700. The number of phenolic OH excluding ortho intramolecular Hbond substituents is 2. The minimum absolute atomic E-state index is 0.0542. The van der Waals surface area contributed by atoms with Crippen LogP contribution in [-0.4, -0.2) is 103 Å². The summed E-state index contributed by atoms with van der Waals surface area (Å²) < 4.78 is 17.2. The minimum atomic E-state index is -2.35. The molecule has 2 heterocycles. The summed E-state index contributed by atoms with van der Waals surface area (Å²) in [6, 6.07) is 3.19. The topological polar surface area (TPSA) is 217 Å². The summed E-state index contributed by atoms with van der Waals surface area (Å²) in [5.41, 5.74) is -4.14. The standard InChI is InChI=1S/C31H29NO13/c1-12-26(37)15(32-19(35)6-7-20(32)36)8-21(44-12)45-17-10-31(42,18(34)11-33)9-14-23(17)30(41)25-24(28(14)39)27(38)13-4-3-5-16(43-2)22(13)29(25)40/h3-7,12,15,17,21,26,33,37,39,41-42H,8-11H2,1-2H3/t12-,15-,17-,21-,26+,31-/m0/s1. The number of aliphatic hydroxyl groups is 3. The van der Waals surface area contributed by atoms with Crippen molar-refractivity contribution in [3.8, 4) is 17.2 Å². The largest absolute Gasteiger partial charge is 0.507 e. The summed E-state index contributed by atoms with van der Waals surface area (Å²) in [4.78, 5) is 65.9. The van der Waals surface area contributed by atoms with Crippen LogP contribution in [0, 0.1) is 0 Å². The highest BCUT2D eigenvalue weighted by Gasteiger charge is 2.51. The summed E-state index contributed by atoms with van der Waals surface area (Å²) >= 11 is 0. The van der Waals surface area contributed by atoms with Gasteiger partial charge in [-0.2, -0.15) is 0 Å². The number of carbonyl (C=O) groups is 5. The number of Topliss-reactive ketones (excluding diaryl/α,β-unsaturated/α-hetero) is 1. The summed E-state index contributed by atoms with van der Waals surface area (Å²) in [5.74, 6) is -5.46. The second kappa shape index (κ2) is 10.9. The molecule has 236 valence electrons. The number of ketones is 3. The van der Waals surface area contributed by atoms with Crippen molar-refractivity contribution in [1.29, 1.82) is 0 Å². The molecule has 4 aliphatic rings. The average molecular weight is 624 g/mol. The van der Waals surface area contributed by atoms with Gasteiger partial charge in [0.1, 0.15) is 35.6 Å². The van der Waals surface area contributed by atoms with Gasteiger partial charge in [-0.15, -0.1) is 0 Å². The number of amides is 2. The van der Waals surface area contributed by atoms with E-state index in [0.29, 0.717) is 0 Å². The van der Waals surface area contributed by atoms with Gasteiger partial charge in [0.15, 0.2) is 17.9 Å². The molecule has 0 saturated carbocycles. The van der Waals surface area contributed by atoms with Crippen molar-refractivity contribution in [2.75, 3.05) is 13.7 Å². The smallest absolute Gasteiger partial charge is 0.253 e. The molecular formula is C31H29NO13. The molecule has 6 atom stereocenters. The lowest BCUT2D eigenvalue weighted by Gasteiger charge is -2.44. The number of ether oxygens (including phenoxy) is 3. The Morgan fingerprint density at radius 3 is 2.36 bits per heavy atom. The van der Waals surface area contributed by atoms with Gasteiger partial charge in [-0.1, -0.05) is 12.1 Å². The summed E-state index contributed by atoms with van der Waals surface area (Å²) in [6.07, 6.45) is -4.47. The van der Waals surface area contributed by atoms with E-state index in [4.69, 9.17) is 14.2 Å². The van der Waals surface area contributed by atoms with Gasteiger partial charge in [0.25, 0.3) is 11.8 Å². The quantitative estimate of drug-likeness (QED) is 0.180. The van der Waals surface area contributed by atoms with Gasteiger partial charge in [0.2, 0.25) is 5.78 Å². The molecule has 0 radical (unpaired) electrons. The van der Waals surface area contributed by atoms with Crippen LogP contribution in [0.15, 0.2) is 30.4 Å². The SMILES string of the molecule is COc1cccc2c1C(=O)c1c(O)c3c(c(O)c1C2=O)C[C@@](O)(C(=O)CO)C[C@@H]3O[C@H]1C[C@H](N2C(=O)C=CC2=O)[C@H](O)[C@H](C)O1. The van der Waals surface area contributed by atoms with E-state index in [1.165, 1.54) is 32.2 Å². The number of hydrogen-bond donors (Lipinski definition) is 5. The van der Waals surface area contributed by atoms with Crippen LogP contribution in [0.1, 0.15) is 68.8 Å². The molecule has 14 nitrogen and oxygen atoms in total. The van der Waals surface area contributed by atoms with Crippen LogP contribution < -0.4 is 4.74 Å². The fourth-order valence-electron chi connectivity index (χ4n) is 6.69. The Kier molecular flexibility index (Phi) is 7.37. The number of imide groups is 1. The monoisotopic (exact) mass is 623 g/mol. The van der Waals surface area contributed by atoms with E-state index < -0.39 is 107 Å². The number of phenols is 2. The van der Waals surface area contributed by atoms with Crippen molar-refractivity contribution in [2.45, 2.75) is 62.4 Å². The van der Waals surface area contributed by atoms with Crippen LogP contribution in [0.5, 0.6) is 17.2 Å². The molecule has 0 unspecified atom stereocenters.